The minimum absolute atomic E-state index is 0.0177. The van der Waals surface area contributed by atoms with E-state index in [1.165, 1.54) is 121 Å². The number of rotatable bonds is 41. The van der Waals surface area contributed by atoms with Gasteiger partial charge in [0.2, 0.25) is 0 Å². The molecule has 10 heteroatoms. The van der Waals surface area contributed by atoms with Crippen LogP contribution in [0.3, 0.4) is 0 Å². The second kappa shape index (κ2) is 38.3. The van der Waals surface area contributed by atoms with Crippen molar-refractivity contribution >= 4 is 29.8 Å². The van der Waals surface area contributed by atoms with Crippen LogP contribution in [0.25, 0.3) is 0 Å². The number of carboxylic acids is 1. The maximum Gasteiger partial charge on any atom is 0.338 e. The van der Waals surface area contributed by atoms with Crippen molar-refractivity contribution in [2.24, 2.45) is 11.8 Å². The topological polar surface area (TPSA) is 142 Å². The molecule has 10 nitrogen and oxygen atoms in total. The summed E-state index contributed by atoms with van der Waals surface area (Å²) in [6, 6.07) is 3.72. The number of benzene rings is 1. The van der Waals surface area contributed by atoms with E-state index < -0.39 is 17.9 Å². The molecule has 0 heterocycles. The molecule has 0 saturated heterocycles. The molecule has 0 unspecified atom stereocenters. The lowest BCUT2D eigenvalue weighted by Crippen LogP contribution is -2.13. The molecule has 0 fully saturated rings. The minimum atomic E-state index is -1.26. The fourth-order valence-electron chi connectivity index (χ4n) is 7.71. The van der Waals surface area contributed by atoms with E-state index in [-0.39, 0.29) is 41.8 Å². The van der Waals surface area contributed by atoms with E-state index in [1.807, 2.05) is 0 Å². The molecule has 0 bridgehead atoms. The molecule has 350 valence electrons. The minimum Gasteiger partial charge on any atom is -0.478 e. The van der Waals surface area contributed by atoms with E-state index >= 15 is 0 Å². The first-order valence-corrected chi connectivity index (χ1v) is 24.7. The SMILES string of the molecule is CCCCCC(CCCCC)CCOC(=O)CCCCCCCOC(=O)c1cc(C(=O)O)cc(C(=O)OCCCCCCCC(=O)OCCC(CCCCC)CCCCC)c1. The summed E-state index contributed by atoms with van der Waals surface area (Å²) in [5, 5.41) is 9.61. The van der Waals surface area contributed by atoms with Crippen LogP contribution >= 0.6 is 0 Å². The van der Waals surface area contributed by atoms with Gasteiger partial charge in [-0.2, -0.15) is 0 Å². The number of hydrogen-bond donors (Lipinski definition) is 1. The third-order valence-electron chi connectivity index (χ3n) is 11.6. The molecule has 0 atom stereocenters. The van der Waals surface area contributed by atoms with Crippen LogP contribution < -0.4 is 0 Å². The molecule has 0 aliphatic rings. The number of hydrogen-bond acceptors (Lipinski definition) is 9. The maximum atomic E-state index is 12.8. The first kappa shape index (κ1) is 55.6. The predicted molar refractivity (Wildman–Crippen MR) is 244 cm³/mol. The average Bonchev–Trinajstić information content (AvgIpc) is 3.25. The predicted octanol–water partition coefficient (Wildman–Crippen LogP) is 13.8. The molecule has 1 N–H and O–H groups in total. The van der Waals surface area contributed by atoms with E-state index in [4.69, 9.17) is 18.9 Å². The number of unbranched alkanes of at least 4 members (excludes halogenated alkanes) is 16. The van der Waals surface area contributed by atoms with Gasteiger partial charge >= 0.3 is 29.8 Å². The Morgan fingerprint density at radius 3 is 1.07 bits per heavy atom. The molecule has 0 radical (unpaired) electrons. The van der Waals surface area contributed by atoms with Crippen molar-refractivity contribution in [3.8, 4) is 0 Å². The third-order valence-corrected chi connectivity index (χ3v) is 11.6. The van der Waals surface area contributed by atoms with Gasteiger partial charge in [-0.15, -0.1) is 0 Å². The smallest absolute Gasteiger partial charge is 0.338 e. The fourth-order valence-corrected chi connectivity index (χ4v) is 7.71. The van der Waals surface area contributed by atoms with Crippen molar-refractivity contribution in [1.82, 2.24) is 0 Å². The third kappa shape index (κ3) is 30.3. The van der Waals surface area contributed by atoms with Gasteiger partial charge in [0, 0.05) is 12.8 Å². The lowest BCUT2D eigenvalue weighted by atomic mass is 9.92. The Morgan fingerprint density at radius 2 is 0.721 bits per heavy atom. The maximum absolute atomic E-state index is 12.8. The van der Waals surface area contributed by atoms with Crippen LogP contribution in [0.15, 0.2) is 18.2 Å². The monoisotopic (exact) mass is 859 g/mol. The molecule has 0 aromatic heterocycles. The van der Waals surface area contributed by atoms with E-state index in [2.05, 4.69) is 27.7 Å². The van der Waals surface area contributed by atoms with Gasteiger partial charge in [0.15, 0.2) is 0 Å². The van der Waals surface area contributed by atoms with Crippen LogP contribution in [0.1, 0.15) is 251 Å². The zero-order chi connectivity index (χ0) is 44.8. The van der Waals surface area contributed by atoms with Crippen molar-refractivity contribution in [3.05, 3.63) is 34.9 Å². The largest absolute Gasteiger partial charge is 0.478 e. The van der Waals surface area contributed by atoms with E-state index in [0.717, 1.165) is 64.2 Å². The molecule has 0 amide bonds. The highest BCUT2D eigenvalue weighted by Gasteiger charge is 2.18. The Balaban J connectivity index is 2.29. The Hall–Kier alpha value is -3.43. The zero-order valence-corrected chi connectivity index (χ0v) is 39.0. The van der Waals surface area contributed by atoms with Gasteiger partial charge in [0.1, 0.15) is 0 Å². The van der Waals surface area contributed by atoms with Crippen molar-refractivity contribution in [3.63, 3.8) is 0 Å². The number of esters is 4. The summed E-state index contributed by atoms with van der Waals surface area (Å²) in [7, 11) is 0. The Morgan fingerprint density at radius 1 is 0.393 bits per heavy atom. The summed E-state index contributed by atoms with van der Waals surface area (Å²) in [4.78, 5) is 61.9. The highest BCUT2D eigenvalue weighted by Crippen LogP contribution is 2.23. The number of ether oxygens (including phenoxy) is 4. The normalized spacial score (nSPS) is 11.2. The number of aromatic carboxylic acids is 1. The van der Waals surface area contributed by atoms with Gasteiger partial charge in [-0.05, 0) is 68.6 Å². The van der Waals surface area contributed by atoms with Crippen LogP contribution in [0, 0.1) is 11.8 Å². The Kier molecular flexibility index (Phi) is 34.9. The van der Waals surface area contributed by atoms with E-state index in [9.17, 15) is 29.1 Å². The Labute approximate surface area is 370 Å². The first-order valence-electron chi connectivity index (χ1n) is 24.7. The number of carbonyl (C=O) groups is 5. The average molecular weight is 859 g/mol. The van der Waals surface area contributed by atoms with Crippen molar-refractivity contribution in [2.45, 2.75) is 220 Å². The molecule has 1 aromatic carbocycles. The van der Waals surface area contributed by atoms with E-state index in [0.29, 0.717) is 50.7 Å². The molecule has 0 aliphatic carbocycles. The summed E-state index contributed by atoms with van der Waals surface area (Å²) in [5.41, 5.74) is -0.234. The van der Waals surface area contributed by atoms with E-state index in [1.54, 1.807) is 0 Å². The number of carbonyl (C=O) groups excluding carboxylic acids is 4. The van der Waals surface area contributed by atoms with Crippen LogP contribution in [-0.2, 0) is 28.5 Å². The highest BCUT2D eigenvalue weighted by atomic mass is 16.5. The summed E-state index contributed by atoms with van der Waals surface area (Å²) >= 11 is 0. The molecular formula is C51H86O10. The second-order valence-corrected chi connectivity index (χ2v) is 17.1. The molecule has 0 spiro atoms. The second-order valence-electron chi connectivity index (χ2n) is 17.1. The lowest BCUT2D eigenvalue weighted by molar-refractivity contribution is -0.145. The molecular weight excluding hydrogens is 773 g/mol. The molecule has 1 rings (SSSR count). The van der Waals surface area contributed by atoms with Crippen LogP contribution in [0.4, 0.5) is 0 Å². The van der Waals surface area contributed by atoms with Gasteiger partial charge in [0.05, 0.1) is 43.1 Å². The zero-order valence-electron chi connectivity index (χ0n) is 39.0. The van der Waals surface area contributed by atoms with Gasteiger partial charge in [0.25, 0.3) is 0 Å². The summed E-state index contributed by atoms with van der Waals surface area (Å²) in [6.07, 6.45) is 30.5. The Bertz CT molecular complexity index is 1200. The summed E-state index contributed by atoms with van der Waals surface area (Å²) in [5.74, 6) is -1.64. The standard InChI is InChI=1S/C51H86O10/c1-5-9-19-27-42(28-20-10-6-2)33-37-58-47(52)31-23-15-13-17-25-35-60-50(56)45-39-44(49(54)55)40-46(41-45)51(57)61-36-26-18-14-16-24-32-48(53)59-38-34-43(29-21-11-7-3)30-22-12-8-4/h39-43H,5-38H2,1-4H3,(H,54,55). The summed E-state index contributed by atoms with van der Waals surface area (Å²) < 4.78 is 21.9. The number of carboxylic acid groups (broad SMARTS) is 1. The van der Waals surface area contributed by atoms with Gasteiger partial charge in [-0.3, -0.25) is 9.59 Å². The fraction of sp³-hybridized carbons (Fsp3) is 0.784. The van der Waals surface area contributed by atoms with Gasteiger partial charge in [-0.1, -0.05) is 169 Å². The van der Waals surface area contributed by atoms with Crippen molar-refractivity contribution < 1.29 is 48.0 Å². The van der Waals surface area contributed by atoms with Crippen molar-refractivity contribution in [2.75, 3.05) is 26.4 Å². The molecule has 61 heavy (non-hydrogen) atoms. The highest BCUT2D eigenvalue weighted by molar-refractivity contribution is 6.00. The lowest BCUT2D eigenvalue weighted by Gasteiger charge is -2.16. The van der Waals surface area contributed by atoms with Crippen LogP contribution in [-0.4, -0.2) is 61.4 Å². The van der Waals surface area contributed by atoms with Gasteiger partial charge < -0.3 is 24.1 Å². The van der Waals surface area contributed by atoms with Crippen LogP contribution in [0.2, 0.25) is 0 Å². The van der Waals surface area contributed by atoms with Crippen molar-refractivity contribution in [1.29, 1.82) is 0 Å². The summed E-state index contributed by atoms with van der Waals surface area (Å²) in [6.45, 7) is 10.2. The quantitative estimate of drug-likeness (QED) is 0.0384. The molecule has 0 aliphatic heterocycles. The molecule has 0 saturated carbocycles. The first-order chi connectivity index (χ1) is 29.6. The molecule has 1 aromatic rings. The van der Waals surface area contributed by atoms with Crippen LogP contribution in [0.5, 0.6) is 0 Å². The van der Waals surface area contributed by atoms with Gasteiger partial charge in [-0.25, -0.2) is 14.4 Å².